The highest BCUT2D eigenvalue weighted by Gasteiger charge is 2.17. The normalized spacial score (nSPS) is 10.6. The number of carbonyl (C=O) groups excluding carboxylic acids is 2. The first-order chi connectivity index (χ1) is 13.9. The van der Waals surface area contributed by atoms with Crippen molar-refractivity contribution in [2.45, 2.75) is 19.9 Å². The highest BCUT2D eigenvalue weighted by Crippen LogP contribution is 2.17. The van der Waals surface area contributed by atoms with Crippen LogP contribution in [0.25, 0.3) is 5.69 Å². The Hall–Kier alpha value is -3.48. The van der Waals surface area contributed by atoms with Crippen LogP contribution in [0.5, 0.6) is 0 Å². The minimum absolute atomic E-state index is 0.0682. The predicted octanol–water partition coefficient (Wildman–Crippen LogP) is 3.21. The zero-order valence-corrected chi connectivity index (χ0v) is 16.6. The van der Waals surface area contributed by atoms with E-state index in [9.17, 15) is 14.0 Å². The first kappa shape index (κ1) is 20.3. The number of amides is 2. The second kappa shape index (κ2) is 8.68. The van der Waals surface area contributed by atoms with E-state index in [1.165, 1.54) is 23.2 Å². The zero-order valence-electron chi connectivity index (χ0n) is 16.6. The smallest absolute Gasteiger partial charge is 0.255 e. The van der Waals surface area contributed by atoms with Gasteiger partial charge in [-0.1, -0.05) is 19.1 Å². The number of hydrogen-bond acceptors (Lipinski definition) is 3. The maximum absolute atomic E-state index is 13.2. The molecule has 3 rings (SSSR count). The van der Waals surface area contributed by atoms with E-state index >= 15 is 0 Å². The summed E-state index contributed by atoms with van der Waals surface area (Å²) in [5.74, 6) is -0.625. The molecule has 6 nitrogen and oxygen atoms in total. The van der Waals surface area contributed by atoms with Crippen LogP contribution in [-0.2, 0) is 13.0 Å². The lowest BCUT2D eigenvalue weighted by atomic mass is 10.1. The van der Waals surface area contributed by atoms with Gasteiger partial charge in [0.1, 0.15) is 5.82 Å². The molecule has 0 fully saturated rings. The standard InChI is InChI=1S/C22H23FN4O2/c1-4-20-19(14-25-27(20)18-11-9-17(23)10-12-18)21(28)24-13-15-5-7-16(8-6-15)22(29)26(2)3/h5-12,14H,4,13H2,1-3H3,(H,24,28). The third-order valence-electron chi connectivity index (χ3n) is 4.58. The molecule has 2 amide bonds. The molecule has 0 spiro atoms. The summed E-state index contributed by atoms with van der Waals surface area (Å²) in [5, 5.41) is 7.19. The molecule has 7 heteroatoms. The number of carbonyl (C=O) groups is 2. The van der Waals surface area contributed by atoms with Crippen molar-refractivity contribution in [3.63, 3.8) is 0 Å². The van der Waals surface area contributed by atoms with Crippen LogP contribution in [0.2, 0.25) is 0 Å². The van der Waals surface area contributed by atoms with Crippen molar-refractivity contribution >= 4 is 11.8 Å². The summed E-state index contributed by atoms with van der Waals surface area (Å²) >= 11 is 0. The van der Waals surface area contributed by atoms with Crippen molar-refractivity contribution < 1.29 is 14.0 Å². The molecular formula is C22H23FN4O2. The molecule has 0 bridgehead atoms. The fourth-order valence-electron chi connectivity index (χ4n) is 3.01. The van der Waals surface area contributed by atoms with Crippen molar-refractivity contribution in [2.75, 3.05) is 14.1 Å². The average Bonchev–Trinajstić information content (AvgIpc) is 3.16. The van der Waals surface area contributed by atoms with Gasteiger partial charge < -0.3 is 10.2 Å². The van der Waals surface area contributed by atoms with Gasteiger partial charge in [0.25, 0.3) is 11.8 Å². The summed E-state index contributed by atoms with van der Waals surface area (Å²) in [6, 6.07) is 13.1. The van der Waals surface area contributed by atoms with Gasteiger partial charge in [-0.05, 0) is 48.4 Å². The van der Waals surface area contributed by atoms with E-state index in [-0.39, 0.29) is 17.6 Å². The Morgan fingerprint density at radius 3 is 2.31 bits per heavy atom. The summed E-state index contributed by atoms with van der Waals surface area (Å²) in [6.45, 7) is 2.27. The van der Waals surface area contributed by atoms with Crippen molar-refractivity contribution in [1.29, 1.82) is 0 Å². The number of hydrogen-bond donors (Lipinski definition) is 1. The van der Waals surface area contributed by atoms with Crippen molar-refractivity contribution in [2.24, 2.45) is 0 Å². The first-order valence-electron chi connectivity index (χ1n) is 9.32. The lowest BCUT2D eigenvalue weighted by molar-refractivity contribution is 0.0827. The summed E-state index contributed by atoms with van der Waals surface area (Å²) in [6.07, 6.45) is 2.12. The van der Waals surface area contributed by atoms with Crippen LogP contribution in [0.1, 0.15) is 38.9 Å². The lowest BCUT2D eigenvalue weighted by Crippen LogP contribution is -2.24. The molecule has 2 aromatic carbocycles. The number of nitrogens with one attached hydrogen (secondary N) is 1. The minimum atomic E-state index is -0.324. The Kier molecular flexibility index (Phi) is 6.07. The third-order valence-corrected chi connectivity index (χ3v) is 4.58. The molecule has 1 N–H and O–H groups in total. The Morgan fingerprint density at radius 1 is 1.07 bits per heavy atom. The van der Waals surface area contributed by atoms with Gasteiger partial charge in [-0.2, -0.15) is 5.10 Å². The zero-order chi connectivity index (χ0) is 21.0. The predicted molar refractivity (Wildman–Crippen MR) is 109 cm³/mol. The van der Waals surface area contributed by atoms with Crippen LogP contribution in [0.3, 0.4) is 0 Å². The van der Waals surface area contributed by atoms with Gasteiger partial charge in [0.15, 0.2) is 0 Å². The largest absolute Gasteiger partial charge is 0.348 e. The maximum Gasteiger partial charge on any atom is 0.255 e. The van der Waals surface area contributed by atoms with E-state index in [0.29, 0.717) is 29.8 Å². The maximum atomic E-state index is 13.2. The van der Waals surface area contributed by atoms with E-state index in [4.69, 9.17) is 0 Å². The van der Waals surface area contributed by atoms with Gasteiger partial charge in [0.2, 0.25) is 0 Å². The first-order valence-corrected chi connectivity index (χ1v) is 9.32. The summed E-state index contributed by atoms with van der Waals surface area (Å²) in [4.78, 5) is 26.1. The summed E-state index contributed by atoms with van der Waals surface area (Å²) in [5.41, 5.74) is 3.41. The Labute approximate surface area is 169 Å². The van der Waals surface area contributed by atoms with Gasteiger partial charge in [-0.25, -0.2) is 9.07 Å². The lowest BCUT2D eigenvalue weighted by Gasteiger charge is -2.11. The van der Waals surface area contributed by atoms with Crippen molar-refractivity contribution in [1.82, 2.24) is 20.0 Å². The van der Waals surface area contributed by atoms with E-state index in [0.717, 1.165) is 11.3 Å². The van der Waals surface area contributed by atoms with Gasteiger partial charge >= 0.3 is 0 Å². The van der Waals surface area contributed by atoms with E-state index in [2.05, 4.69) is 10.4 Å². The molecule has 0 saturated carbocycles. The van der Waals surface area contributed by atoms with Crippen LogP contribution >= 0.6 is 0 Å². The van der Waals surface area contributed by atoms with Crippen LogP contribution in [0, 0.1) is 5.82 Å². The van der Waals surface area contributed by atoms with Crippen molar-refractivity contribution in [3.8, 4) is 5.69 Å². The molecular weight excluding hydrogens is 371 g/mol. The molecule has 1 heterocycles. The number of nitrogens with zero attached hydrogens (tertiary/aromatic N) is 3. The van der Waals surface area contributed by atoms with Gasteiger partial charge in [0.05, 0.1) is 23.1 Å². The van der Waals surface area contributed by atoms with Gasteiger partial charge in [0, 0.05) is 26.2 Å². The summed E-state index contributed by atoms with van der Waals surface area (Å²) in [7, 11) is 3.40. The van der Waals surface area contributed by atoms with E-state index in [1.54, 1.807) is 43.0 Å². The summed E-state index contributed by atoms with van der Waals surface area (Å²) < 4.78 is 14.8. The molecule has 150 valence electrons. The molecule has 0 radical (unpaired) electrons. The van der Waals surface area contributed by atoms with Gasteiger partial charge in [-0.3, -0.25) is 9.59 Å². The molecule has 0 aliphatic rings. The molecule has 0 saturated heterocycles. The third kappa shape index (κ3) is 4.51. The highest BCUT2D eigenvalue weighted by molar-refractivity contribution is 5.95. The quantitative estimate of drug-likeness (QED) is 0.698. The molecule has 0 aliphatic carbocycles. The number of halogens is 1. The Morgan fingerprint density at radius 2 is 1.72 bits per heavy atom. The molecule has 0 atom stereocenters. The second-order valence-electron chi connectivity index (χ2n) is 6.83. The van der Waals surface area contributed by atoms with E-state index in [1.807, 2.05) is 19.1 Å². The highest BCUT2D eigenvalue weighted by atomic mass is 19.1. The second-order valence-corrected chi connectivity index (χ2v) is 6.83. The minimum Gasteiger partial charge on any atom is -0.348 e. The van der Waals surface area contributed by atoms with Crippen LogP contribution < -0.4 is 5.32 Å². The molecule has 3 aromatic rings. The molecule has 0 aliphatic heterocycles. The van der Waals surface area contributed by atoms with Crippen molar-refractivity contribution in [3.05, 3.63) is 82.9 Å². The Bertz CT molecular complexity index is 1010. The number of rotatable bonds is 6. The monoisotopic (exact) mass is 394 g/mol. The van der Waals surface area contributed by atoms with Crippen LogP contribution in [-0.4, -0.2) is 40.6 Å². The molecule has 1 aromatic heterocycles. The molecule has 29 heavy (non-hydrogen) atoms. The average molecular weight is 394 g/mol. The topological polar surface area (TPSA) is 67.2 Å². The van der Waals surface area contributed by atoms with E-state index < -0.39 is 0 Å². The van der Waals surface area contributed by atoms with Gasteiger partial charge in [-0.15, -0.1) is 0 Å². The van der Waals surface area contributed by atoms with Crippen LogP contribution in [0.4, 0.5) is 4.39 Å². The fraction of sp³-hybridized carbons (Fsp3) is 0.227. The Balaban J connectivity index is 1.71. The number of benzene rings is 2. The number of aromatic nitrogens is 2. The SMILES string of the molecule is CCc1c(C(=O)NCc2ccc(C(=O)N(C)C)cc2)cnn1-c1ccc(F)cc1. The molecule has 0 unspecified atom stereocenters. The fourth-order valence-corrected chi connectivity index (χ4v) is 3.01. The van der Waals surface area contributed by atoms with Crippen LogP contribution in [0.15, 0.2) is 54.7 Å².